The van der Waals surface area contributed by atoms with Gasteiger partial charge in [0.1, 0.15) is 0 Å². The number of nitrogens with one attached hydrogen (secondary N) is 1. The van der Waals surface area contributed by atoms with Crippen molar-refractivity contribution in [1.29, 1.82) is 0 Å². The van der Waals surface area contributed by atoms with Gasteiger partial charge in [-0.25, -0.2) is 0 Å². The highest BCUT2D eigenvalue weighted by Gasteiger charge is 2.25. The van der Waals surface area contributed by atoms with Crippen molar-refractivity contribution in [2.75, 3.05) is 7.05 Å². The van der Waals surface area contributed by atoms with Gasteiger partial charge in [0.25, 0.3) is 0 Å². The average Bonchev–Trinajstić information content (AvgIpc) is 2.84. The van der Waals surface area contributed by atoms with Crippen molar-refractivity contribution in [3.63, 3.8) is 0 Å². The molecule has 3 N–H and O–H groups in total. The van der Waals surface area contributed by atoms with E-state index in [2.05, 4.69) is 67.8 Å². The first-order valence-corrected chi connectivity index (χ1v) is 12.3. The summed E-state index contributed by atoms with van der Waals surface area (Å²) >= 11 is 0. The number of nitrogens with two attached hydrogens (primary N) is 1. The fourth-order valence-corrected chi connectivity index (χ4v) is 5.82. The smallest absolute Gasteiger partial charge is 0.00645 e. The summed E-state index contributed by atoms with van der Waals surface area (Å²) in [6.45, 7) is 2.22. The van der Waals surface area contributed by atoms with Crippen molar-refractivity contribution in [2.24, 2.45) is 11.7 Å². The zero-order valence-corrected chi connectivity index (χ0v) is 18.9. The third-order valence-corrected chi connectivity index (χ3v) is 8.08. The second-order valence-electron chi connectivity index (χ2n) is 9.77. The summed E-state index contributed by atoms with van der Waals surface area (Å²) in [6.07, 6.45) is 11.5. The van der Waals surface area contributed by atoms with E-state index >= 15 is 0 Å². The fraction of sp³-hybridized carbons (Fsp3) is 0.571. The molecular formula is C28H40N2. The lowest BCUT2D eigenvalue weighted by molar-refractivity contribution is 0.277. The van der Waals surface area contributed by atoms with Crippen molar-refractivity contribution in [3.8, 4) is 11.1 Å². The molecular weight excluding hydrogens is 364 g/mol. The van der Waals surface area contributed by atoms with E-state index in [0.717, 1.165) is 30.2 Å². The third-order valence-electron chi connectivity index (χ3n) is 8.08. The van der Waals surface area contributed by atoms with Crippen molar-refractivity contribution < 1.29 is 0 Å². The summed E-state index contributed by atoms with van der Waals surface area (Å²) in [5.41, 5.74) is 12.0. The second kappa shape index (κ2) is 10.1. The van der Waals surface area contributed by atoms with Gasteiger partial charge in [0.15, 0.2) is 0 Å². The summed E-state index contributed by atoms with van der Waals surface area (Å²) in [5, 5.41) is 3.44. The molecule has 30 heavy (non-hydrogen) atoms. The average molecular weight is 405 g/mol. The van der Waals surface area contributed by atoms with Crippen molar-refractivity contribution >= 4 is 0 Å². The van der Waals surface area contributed by atoms with Gasteiger partial charge in [0, 0.05) is 12.1 Å². The predicted octanol–water partition coefficient (Wildman–Crippen LogP) is 6.61. The van der Waals surface area contributed by atoms with E-state index in [-0.39, 0.29) is 0 Å². The highest BCUT2D eigenvalue weighted by atomic mass is 14.9. The van der Waals surface area contributed by atoms with Crippen molar-refractivity contribution in [3.05, 3.63) is 59.7 Å². The second-order valence-corrected chi connectivity index (χ2v) is 9.77. The maximum absolute atomic E-state index is 6.28. The van der Waals surface area contributed by atoms with E-state index in [4.69, 9.17) is 5.73 Å². The van der Waals surface area contributed by atoms with Crippen LogP contribution in [0.2, 0.25) is 0 Å². The first kappa shape index (κ1) is 21.6. The largest absolute Gasteiger partial charge is 0.327 e. The van der Waals surface area contributed by atoms with Crippen LogP contribution in [0.1, 0.15) is 87.7 Å². The number of benzene rings is 2. The zero-order valence-electron chi connectivity index (χ0n) is 18.9. The Hall–Kier alpha value is -1.64. The van der Waals surface area contributed by atoms with Crippen LogP contribution in [0.5, 0.6) is 0 Å². The van der Waals surface area contributed by atoms with Crippen LogP contribution in [-0.4, -0.2) is 19.1 Å². The van der Waals surface area contributed by atoms with E-state index in [1.165, 1.54) is 73.6 Å². The molecule has 0 saturated heterocycles. The molecule has 2 nitrogen and oxygen atoms in total. The predicted molar refractivity (Wildman–Crippen MR) is 129 cm³/mol. The lowest BCUT2D eigenvalue weighted by Crippen LogP contribution is -2.32. The molecule has 2 heteroatoms. The van der Waals surface area contributed by atoms with E-state index in [1.807, 2.05) is 0 Å². The highest BCUT2D eigenvalue weighted by molar-refractivity contribution is 5.64. The number of hydrogen-bond donors (Lipinski definition) is 2. The Morgan fingerprint density at radius 1 is 0.733 bits per heavy atom. The minimum atomic E-state index is 0.398. The van der Waals surface area contributed by atoms with Gasteiger partial charge >= 0.3 is 0 Å². The Morgan fingerprint density at radius 2 is 1.17 bits per heavy atom. The Labute approximate surface area is 183 Å². The number of hydrogen-bond acceptors (Lipinski definition) is 2. The van der Waals surface area contributed by atoms with Crippen LogP contribution in [0.15, 0.2) is 48.5 Å². The normalized spacial score (nSPS) is 28.2. The first-order valence-electron chi connectivity index (χ1n) is 12.3. The molecule has 4 rings (SSSR count). The van der Waals surface area contributed by atoms with E-state index in [0.29, 0.717) is 6.04 Å². The molecule has 162 valence electrons. The summed E-state index contributed by atoms with van der Waals surface area (Å²) in [5.74, 6) is 2.19. The van der Waals surface area contributed by atoms with Crippen molar-refractivity contribution in [1.82, 2.24) is 5.32 Å². The van der Waals surface area contributed by atoms with E-state index in [9.17, 15) is 0 Å². The molecule has 2 fully saturated rings. The van der Waals surface area contributed by atoms with Gasteiger partial charge < -0.3 is 11.1 Å². The Morgan fingerprint density at radius 3 is 1.57 bits per heavy atom. The standard InChI is InChI=1S/C28H40N2/c1-3-28(29)26-14-12-24(13-15-26)22-6-4-20(5-7-22)21-8-10-23(11-9-21)25-16-18-27(30-2)19-17-25/h4-11,24-28,30H,3,12-19,29H2,1-2H3. The molecule has 1 atom stereocenters. The van der Waals surface area contributed by atoms with Crippen LogP contribution in [0.4, 0.5) is 0 Å². The van der Waals surface area contributed by atoms with Gasteiger partial charge in [-0.1, -0.05) is 55.5 Å². The van der Waals surface area contributed by atoms with Crippen LogP contribution >= 0.6 is 0 Å². The Bertz CT molecular complexity index is 763. The summed E-state index contributed by atoms with van der Waals surface area (Å²) < 4.78 is 0. The van der Waals surface area contributed by atoms with Gasteiger partial charge in [0.05, 0.1) is 0 Å². The monoisotopic (exact) mass is 404 g/mol. The third kappa shape index (κ3) is 4.98. The molecule has 1 unspecified atom stereocenters. The molecule has 0 amide bonds. The fourth-order valence-electron chi connectivity index (χ4n) is 5.82. The van der Waals surface area contributed by atoms with Crippen LogP contribution < -0.4 is 11.1 Å². The quantitative estimate of drug-likeness (QED) is 0.568. The highest BCUT2D eigenvalue weighted by Crippen LogP contribution is 2.38. The van der Waals surface area contributed by atoms with Crippen LogP contribution in [0.25, 0.3) is 11.1 Å². The minimum absolute atomic E-state index is 0.398. The van der Waals surface area contributed by atoms with E-state index < -0.39 is 0 Å². The topological polar surface area (TPSA) is 38.0 Å². The van der Waals surface area contributed by atoms with Gasteiger partial charge in [0.2, 0.25) is 0 Å². The Balaban J connectivity index is 1.35. The molecule has 0 aliphatic heterocycles. The molecule has 0 aromatic heterocycles. The lowest BCUT2D eigenvalue weighted by atomic mass is 9.75. The van der Waals surface area contributed by atoms with Gasteiger partial charge in [-0.3, -0.25) is 0 Å². The molecule has 2 aliphatic carbocycles. The first-order chi connectivity index (χ1) is 14.7. The van der Waals surface area contributed by atoms with Gasteiger partial charge in [-0.05, 0) is 105 Å². The minimum Gasteiger partial charge on any atom is -0.327 e. The van der Waals surface area contributed by atoms with Crippen LogP contribution in [0.3, 0.4) is 0 Å². The SMILES string of the molecule is CCC(N)C1CCC(c2ccc(-c3ccc(C4CCC(NC)CC4)cc3)cc2)CC1. The summed E-state index contributed by atoms with van der Waals surface area (Å²) in [6, 6.07) is 19.9. The lowest BCUT2D eigenvalue weighted by Gasteiger charge is -2.32. The molecule has 0 bridgehead atoms. The maximum atomic E-state index is 6.28. The van der Waals surface area contributed by atoms with Crippen LogP contribution in [0, 0.1) is 5.92 Å². The van der Waals surface area contributed by atoms with Gasteiger partial charge in [-0.15, -0.1) is 0 Å². The van der Waals surface area contributed by atoms with E-state index in [1.54, 1.807) is 0 Å². The van der Waals surface area contributed by atoms with Crippen LogP contribution in [-0.2, 0) is 0 Å². The summed E-state index contributed by atoms with van der Waals surface area (Å²) in [4.78, 5) is 0. The summed E-state index contributed by atoms with van der Waals surface area (Å²) in [7, 11) is 2.10. The molecule has 0 heterocycles. The molecule has 2 aromatic rings. The van der Waals surface area contributed by atoms with Gasteiger partial charge in [-0.2, -0.15) is 0 Å². The molecule has 2 aromatic carbocycles. The van der Waals surface area contributed by atoms with Crippen molar-refractivity contribution in [2.45, 2.75) is 88.6 Å². The molecule has 2 aliphatic rings. The Kier molecular flexibility index (Phi) is 7.28. The molecule has 0 radical (unpaired) electrons. The molecule has 2 saturated carbocycles. The maximum Gasteiger partial charge on any atom is 0.00645 e. The zero-order chi connectivity index (χ0) is 20.9. The number of rotatable bonds is 6. The molecule has 0 spiro atoms.